The van der Waals surface area contributed by atoms with E-state index in [1.54, 1.807) is 4.90 Å². The van der Waals surface area contributed by atoms with Gasteiger partial charge in [0.15, 0.2) is 0 Å². The molecule has 2 rings (SSSR count). The molecule has 0 bridgehead atoms. The molecule has 23 heavy (non-hydrogen) atoms. The summed E-state index contributed by atoms with van der Waals surface area (Å²) in [5, 5.41) is 12.0. The van der Waals surface area contributed by atoms with Gasteiger partial charge in [-0.2, -0.15) is 0 Å². The third-order valence-corrected chi connectivity index (χ3v) is 3.99. The summed E-state index contributed by atoms with van der Waals surface area (Å²) < 4.78 is 5.51. The number of amides is 1. The van der Waals surface area contributed by atoms with Crippen molar-refractivity contribution in [2.45, 2.75) is 52.3 Å². The van der Waals surface area contributed by atoms with Crippen LogP contribution >= 0.6 is 0 Å². The van der Waals surface area contributed by atoms with E-state index in [-0.39, 0.29) is 18.7 Å². The molecule has 2 N–H and O–H groups in total. The number of fused-ring (bicyclic) bond motifs is 1. The average molecular weight is 320 g/mol. The van der Waals surface area contributed by atoms with Crippen LogP contribution in [-0.4, -0.2) is 41.4 Å². The third kappa shape index (κ3) is 4.69. The maximum absolute atomic E-state index is 12.3. The first-order valence-corrected chi connectivity index (χ1v) is 8.24. The highest BCUT2D eigenvalue weighted by Gasteiger charge is 2.30. The predicted octanol–water partition coefficient (Wildman–Crippen LogP) is 2.62. The molecule has 1 aromatic rings. The van der Waals surface area contributed by atoms with Gasteiger partial charge >= 0.3 is 6.09 Å². The van der Waals surface area contributed by atoms with Crippen molar-refractivity contribution in [1.82, 2.24) is 10.2 Å². The molecule has 5 nitrogen and oxygen atoms in total. The summed E-state index contributed by atoms with van der Waals surface area (Å²) in [6.45, 7) is 9.88. The van der Waals surface area contributed by atoms with Crippen LogP contribution in [0.2, 0.25) is 0 Å². The van der Waals surface area contributed by atoms with E-state index in [2.05, 4.69) is 23.5 Å². The number of ether oxygens (including phenoxy) is 1. The molecule has 0 saturated carbocycles. The zero-order valence-corrected chi connectivity index (χ0v) is 14.6. The number of hydrogen-bond acceptors (Lipinski definition) is 4. The van der Waals surface area contributed by atoms with Crippen LogP contribution in [0.5, 0.6) is 0 Å². The van der Waals surface area contributed by atoms with E-state index in [9.17, 15) is 4.79 Å². The van der Waals surface area contributed by atoms with E-state index in [4.69, 9.17) is 9.84 Å². The van der Waals surface area contributed by atoms with Crippen molar-refractivity contribution < 1.29 is 14.6 Å². The van der Waals surface area contributed by atoms with Gasteiger partial charge in [-0.1, -0.05) is 18.2 Å². The Morgan fingerprint density at radius 1 is 1.43 bits per heavy atom. The quantitative estimate of drug-likeness (QED) is 0.837. The number of benzene rings is 1. The molecule has 128 valence electrons. The van der Waals surface area contributed by atoms with Crippen molar-refractivity contribution in [3.63, 3.8) is 0 Å². The number of hydrogen-bond donors (Lipinski definition) is 2. The Kier molecular flexibility index (Phi) is 5.65. The van der Waals surface area contributed by atoms with Crippen molar-refractivity contribution in [1.29, 1.82) is 0 Å². The van der Waals surface area contributed by atoms with Crippen LogP contribution in [0.15, 0.2) is 18.2 Å². The van der Waals surface area contributed by atoms with Crippen LogP contribution in [0.4, 0.5) is 4.79 Å². The minimum Gasteiger partial charge on any atom is -0.444 e. The van der Waals surface area contributed by atoms with Crippen molar-refractivity contribution in [3.8, 4) is 0 Å². The van der Waals surface area contributed by atoms with Crippen molar-refractivity contribution in [2.24, 2.45) is 0 Å². The summed E-state index contributed by atoms with van der Waals surface area (Å²) in [6, 6.07) is 6.40. The molecule has 1 unspecified atom stereocenters. The van der Waals surface area contributed by atoms with Crippen LogP contribution in [0, 0.1) is 0 Å². The van der Waals surface area contributed by atoms with Gasteiger partial charge in [-0.05, 0) is 50.8 Å². The van der Waals surface area contributed by atoms with E-state index < -0.39 is 5.60 Å². The Labute approximate surface area is 138 Å². The molecule has 1 atom stereocenters. The van der Waals surface area contributed by atoms with Gasteiger partial charge in [0.2, 0.25) is 0 Å². The van der Waals surface area contributed by atoms with E-state index in [1.165, 1.54) is 16.7 Å². The Morgan fingerprint density at radius 2 is 2.17 bits per heavy atom. The molecule has 0 aliphatic carbocycles. The molecule has 1 aliphatic heterocycles. The number of nitrogens with one attached hydrogen (secondary N) is 1. The fraction of sp³-hybridized carbons (Fsp3) is 0.611. The summed E-state index contributed by atoms with van der Waals surface area (Å²) in [5.41, 5.74) is 3.21. The number of nitrogens with zero attached hydrogens (tertiary/aromatic N) is 1. The van der Waals surface area contributed by atoms with Gasteiger partial charge in [0, 0.05) is 19.6 Å². The number of carbonyl (C=O) groups excluding carboxylic acids is 1. The molecule has 0 aromatic heterocycles. The van der Waals surface area contributed by atoms with Crippen molar-refractivity contribution >= 4 is 6.09 Å². The molecular formula is C18H28N2O3. The highest BCUT2D eigenvalue weighted by atomic mass is 16.6. The molecule has 0 spiro atoms. The molecule has 1 aromatic carbocycles. The fourth-order valence-electron chi connectivity index (χ4n) is 2.88. The Balaban J connectivity index is 2.08. The van der Waals surface area contributed by atoms with Crippen LogP contribution < -0.4 is 5.32 Å². The largest absolute Gasteiger partial charge is 0.444 e. The van der Waals surface area contributed by atoms with Gasteiger partial charge in [0.05, 0.1) is 12.6 Å². The van der Waals surface area contributed by atoms with Crippen LogP contribution in [0.3, 0.4) is 0 Å². The van der Waals surface area contributed by atoms with Gasteiger partial charge in [0.25, 0.3) is 0 Å². The topological polar surface area (TPSA) is 61.8 Å². The maximum Gasteiger partial charge on any atom is 0.410 e. The van der Waals surface area contributed by atoms with Gasteiger partial charge in [-0.15, -0.1) is 0 Å². The molecule has 0 saturated heterocycles. The van der Waals surface area contributed by atoms with Gasteiger partial charge < -0.3 is 20.1 Å². The number of aliphatic hydroxyl groups excluding tert-OH is 1. The number of carbonyl (C=O) groups is 1. The lowest BCUT2D eigenvalue weighted by Gasteiger charge is -2.36. The fourth-order valence-corrected chi connectivity index (χ4v) is 2.88. The lowest BCUT2D eigenvalue weighted by molar-refractivity contribution is 0.0160. The zero-order chi connectivity index (χ0) is 17.0. The van der Waals surface area contributed by atoms with E-state index in [0.717, 1.165) is 13.0 Å². The Bertz CT molecular complexity index is 552. The first kappa shape index (κ1) is 17.8. The lowest BCUT2D eigenvalue weighted by atomic mass is 9.92. The Hall–Kier alpha value is -1.59. The third-order valence-electron chi connectivity index (χ3n) is 3.99. The minimum absolute atomic E-state index is 0.0213. The predicted molar refractivity (Wildman–Crippen MR) is 90.3 cm³/mol. The van der Waals surface area contributed by atoms with Gasteiger partial charge in [0.1, 0.15) is 5.60 Å². The molecule has 1 amide bonds. The molecule has 1 heterocycles. The summed E-state index contributed by atoms with van der Waals surface area (Å²) in [4.78, 5) is 14.1. The highest BCUT2D eigenvalue weighted by Crippen LogP contribution is 2.31. The SMILES string of the molecule is CC1c2ccc(CNCCO)cc2CCN1C(=O)OC(C)(C)C. The summed E-state index contributed by atoms with van der Waals surface area (Å²) in [7, 11) is 0. The van der Waals surface area contributed by atoms with Crippen molar-refractivity contribution in [3.05, 3.63) is 34.9 Å². The van der Waals surface area contributed by atoms with Gasteiger partial charge in [-0.25, -0.2) is 4.79 Å². The van der Waals surface area contributed by atoms with Gasteiger partial charge in [-0.3, -0.25) is 0 Å². The van der Waals surface area contributed by atoms with Crippen LogP contribution in [-0.2, 0) is 17.7 Å². The van der Waals surface area contributed by atoms with Crippen LogP contribution in [0.25, 0.3) is 0 Å². The number of aliphatic hydroxyl groups is 1. The first-order valence-electron chi connectivity index (χ1n) is 8.24. The number of rotatable bonds is 4. The zero-order valence-electron chi connectivity index (χ0n) is 14.6. The second kappa shape index (κ2) is 7.32. The molecule has 5 heteroatoms. The van der Waals surface area contributed by atoms with E-state index in [1.807, 2.05) is 27.7 Å². The standard InChI is InChI=1S/C18H28N2O3/c1-13-16-6-5-14(12-19-8-10-21)11-15(16)7-9-20(13)17(22)23-18(2,3)4/h5-6,11,13,19,21H,7-10,12H2,1-4H3. The van der Waals surface area contributed by atoms with E-state index >= 15 is 0 Å². The lowest BCUT2D eigenvalue weighted by Crippen LogP contribution is -2.42. The van der Waals surface area contributed by atoms with E-state index in [0.29, 0.717) is 13.1 Å². The molecule has 1 aliphatic rings. The molecule has 0 radical (unpaired) electrons. The second-order valence-electron chi connectivity index (χ2n) is 7.03. The Morgan fingerprint density at radius 3 is 2.83 bits per heavy atom. The first-order chi connectivity index (χ1) is 10.8. The van der Waals surface area contributed by atoms with Crippen LogP contribution in [0.1, 0.15) is 50.4 Å². The summed E-state index contributed by atoms with van der Waals surface area (Å²) in [5.74, 6) is 0. The highest BCUT2D eigenvalue weighted by molar-refractivity contribution is 5.69. The summed E-state index contributed by atoms with van der Waals surface area (Å²) >= 11 is 0. The van der Waals surface area contributed by atoms with Crippen molar-refractivity contribution in [2.75, 3.05) is 19.7 Å². The molecule has 0 fully saturated rings. The smallest absolute Gasteiger partial charge is 0.410 e. The second-order valence-corrected chi connectivity index (χ2v) is 7.03. The average Bonchev–Trinajstić information content (AvgIpc) is 2.46. The maximum atomic E-state index is 12.3. The molecular weight excluding hydrogens is 292 g/mol. The normalized spacial score (nSPS) is 17.8. The monoisotopic (exact) mass is 320 g/mol. The summed E-state index contributed by atoms with van der Waals surface area (Å²) in [6.07, 6.45) is 0.594. The minimum atomic E-state index is -0.473.